The molecule has 0 aliphatic carbocycles. The van der Waals surface area contributed by atoms with Crippen LogP contribution in [0.4, 0.5) is 10.5 Å². The van der Waals surface area contributed by atoms with Gasteiger partial charge in [-0.05, 0) is 30.7 Å². The van der Waals surface area contributed by atoms with Gasteiger partial charge >= 0.3 is 6.03 Å². The zero-order valence-corrected chi connectivity index (χ0v) is 10.1. The Balaban J connectivity index is 1.88. The molecular formula is C12H15N3O3. The average molecular weight is 249 g/mol. The Morgan fingerprint density at radius 1 is 1.44 bits per heavy atom. The number of nitrogens with zero attached hydrogens (tertiary/aromatic N) is 1. The lowest BCUT2D eigenvalue weighted by atomic mass is 10.2. The van der Waals surface area contributed by atoms with Crippen molar-refractivity contribution in [3.8, 4) is 5.75 Å². The minimum absolute atomic E-state index is 0.0692. The molecule has 18 heavy (non-hydrogen) atoms. The Morgan fingerprint density at radius 3 is 2.83 bits per heavy atom. The molecule has 0 atom stereocenters. The Morgan fingerprint density at radius 2 is 2.22 bits per heavy atom. The van der Waals surface area contributed by atoms with E-state index in [1.165, 1.54) is 0 Å². The van der Waals surface area contributed by atoms with Gasteiger partial charge in [-0.2, -0.15) is 0 Å². The lowest BCUT2D eigenvalue weighted by Gasteiger charge is -2.14. The van der Waals surface area contributed by atoms with Gasteiger partial charge in [0.2, 0.25) is 5.91 Å². The normalized spacial score (nSPS) is 14.8. The molecule has 0 aromatic heterocycles. The number of rotatable bonds is 4. The van der Waals surface area contributed by atoms with Crippen molar-refractivity contribution in [2.45, 2.75) is 6.92 Å². The summed E-state index contributed by atoms with van der Waals surface area (Å²) in [5.74, 6) is 0.480. The first kappa shape index (κ1) is 12.2. The number of hydrogen-bond acceptors (Lipinski definition) is 4. The summed E-state index contributed by atoms with van der Waals surface area (Å²) in [6, 6.07) is 4.97. The molecule has 1 saturated heterocycles. The zero-order valence-electron chi connectivity index (χ0n) is 10.1. The van der Waals surface area contributed by atoms with Crippen LogP contribution in [-0.2, 0) is 4.79 Å². The lowest BCUT2D eigenvalue weighted by Crippen LogP contribution is -2.34. The Kier molecular flexibility index (Phi) is 3.36. The SMILES string of the molecule is Cc1cc(N)ccc1OCCN1C(=O)CNC1=O. The van der Waals surface area contributed by atoms with Gasteiger partial charge in [-0.25, -0.2) is 4.79 Å². The van der Waals surface area contributed by atoms with Crippen molar-refractivity contribution in [3.05, 3.63) is 23.8 Å². The van der Waals surface area contributed by atoms with E-state index in [1.54, 1.807) is 12.1 Å². The quantitative estimate of drug-likeness (QED) is 0.601. The molecule has 6 heteroatoms. The highest BCUT2D eigenvalue weighted by Gasteiger charge is 2.27. The summed E-state index contributed by atoms with van der Waals surface area (Å²) in [5.41, 5.74) is 7.23. The number of nitrogen functional groups attached to an aromatic ring is 1. The third kappa shape index (κ3) is 2.53. The standard InChI is InChI=1S/C12H15N3O3/c1-8-6-9(13)2-3-10(8)18-5-4-15-11(16)7-14-12(15)17/h2-3,6H,4-5,7,13H2,1H3,(H,14,17). The maximum Gasteiger partial charge on any atom is 0.324 e. The third-order valence-corrected chi connectivity index (χ3v) is 2.71. The van der Waals surface area contributed by atoms with Gasteiger partial charge in [0.15, 0.2) is 0 Å². The number of nitrogens with one attached hydrogen (secondary N) is 1. The van der Waals surface area contributed by atoms with Gasteiger partial charge < -0.3 is 15.8 Å². The molecule has 1 aliphatic heterocycles. The van der Waals surface area contributed by atoms with Crippen LogP contribution in [-0.4, -0.2) is 36.5 Å². The molecule has 1 aromatic rings. The number of aryl methyl sites for hydroxylation is 1. The molecule has 2 rings (SSSR count). The smallest absolute Gasteiger partial charge is 0.324 e. The molecule has 96 valence electrons. The van der Waals surface area contributed by atoms with Gasteiger partial charge in [0.05, 0.1) is 13.1 Å². The van der Waals surface area contributed by atoms with Gasteiger partial charge in [0.25, 0.3) is 0 Å². The number of amides is 3. The fourth-order valence-corrected chi connectivity index (χ4v) is 1.76. The first-order valence-corrected chi connectivity index (χ1v) is 5.65. The monoisotopic (exact) mass is 249 g/mol. The van der Waals surface area contributed by atoms with E-state index in [0.717, 1.165) is 10.5 Å². The topological polar surface area (TPSA) is 84.7 Å². The van der Waals surface area contributed by atoms with Crippen molar-refractivity contribution in [2.24, 2.45) is 0 Å². The number of ether oxygens (including phenoxy) is 1. The maximum atomic E-state index is 11.3. The molecule has 0 spiro atoms. The van der Waals surface area contributed by atoms with Gasteiger partial charge in [-0.3, -0.25) is 9.69 Å². The highest BCUT2D eigenvalue weighted by Crippen LogP contribution is 2.20. The van der Waals surface area contributed by atoms with Crippen LogP contribution in [0.15, 0.2) is 18.2 Å². The van der Waals surface area contributed by atoms with Crippen LogP contribution in [0, 0.1) is 6.92 Å². The molecule has 1 aromatic carbocycles. The molecule has 1 fully saturated rings. The second-order valence-electron chi connectivity index (χ2n) is 4.08. The van der Waals surface area contributed by atoms with Gasteiger partial charge in [-0.15, -0.1) is 0 Å². The van der Waals surface area contributed by atoms with E-state index in [9.17, 15) is 9.59 Å². The van der Waals surface area contributed by atoms with Crippen LogP contribution >= 0.6 is 0 Å². The summed E-state index contributed by atoms with van der Waals surface area (Å²) in [6.45, 7) is 2.47. The minimum Gasteiger partial charge on any atom is -0.491 e. The van der Waals surface area contributed by atoms with E-state index >= 15 is 0 Å². The third-order valence-electron chi connectivity index (χ3n) is 2.71. The van der Waals surface area contributed by atoms with E-state index in [4.69, 9.17) is 10.5 Å². The molecule has 0 unspecified atom stereocenters. The Bertz CT molecular complexity index is 471. The van der Waals surface area contributed by atoms with Gasteiger partial charge in [-0.1, -0.05) is 0 Å². The second kappa shape index (κ2) is 4.95. The number of carbonyl (C=O) groups excluding carboxylic acids is 2. The van der Waals surface area contributed by atoms with Crippen molar-refractivity contribution in [2.75, 3.05) is 25.4 Å². The molecule has 3 amide bonds. The number of nitrogens with two attached hydrogens (primary N) is 1. The Labute approximate surface area is 105 Å². The second-order valence-corrected chi connectivity index (χ2v) is 4.08. The zero-order chi connectivity index (χ0) is 13.1. The van der Waals surface area contributed by atoms with Crippen LogP contribution in [0.25, 0.3) is 0 Å². The molecule has 1 heterocycles. The highest BCUT2D eigenvalue weighted by molar-refractivity contribution is 6.01. The van der Waals surface area contributed by atoms with Crippen LogP contribution in [0.2, 0.25) is 0 Å². The first-order chi connectivity index (χ1) is 8.58. The van der Waals surface area contributed by atoms with Crippen molar-refractivity contribution >= 4 is 17.6 Å². The van der Waals surface area contributed by atoms with Crippen LogP contribution < -0.4 is 15.8 Å². The van der Waals surface area contributed by atoms with E-state index in [-0.39, 0.29) is 31.6 Å². The summed E-state index contributed by atoms with van der Waals surface area (Å²) >= 11 is 0. The van der Waals surface area contributed by atoms with Crippen molar-refractivity contribution in [1.29, 1.82) is 0 Å². The molecular weight excluding hydrogens is 234 g/mol. The van der Waals surface area contributed by atoms with Gasteiger partial charge in [0.1, 0.15) is 12.4 Å². The Hall–Kier alpha value is -2.24. The van der Waals surface area contributed by atoms with Crippen LogP contribution in [0.3, 0.4) is 0 Å². The van der Waals surface area contributed by atoms with Crippen molar-refractivity contribution in [3.63, 3.8) is 0 Å². The predicted molar refractivity (Wildman–Crippen MR) is 66.2 cm³/mol. The van der Waals surface area contributed by atoms with Crippen LogP contribution in [0.5, 0.6) is 5.75 Å². The summed E-state index contributed by atoms with van der Waals surface area (Å²) in [6.07, 6.45) is 0. The molecule has 6 nitrogen and oxygen atoms in total. The number of carbonyl (C=O) groups is 2. The fraction of sp³-hybridized carbons (Fsp3) is 0.333. The number of benzene rings is 1. The fourth-order valence-electron chi connectivity index (χ4n) is 1.76. The molecule has 3 N–H and O–H groups in total. The van der Waals surface area contributed by atoms with Gasteiger partial charge in [0, 0.05) is 5.69 Å². The van der Waals surface area contributed by atoms with Crippen LogP contribution in [0.1, 0.15) is 5.56 Å². The molecule has 0 bridgehead atoms. The minimum atomic E-state index is -0.363. The number of hydrogen-bond donors (Lipinski definition) is 2. The number of urea groups is 1. The largest absolute Gasteiger partial charge is 0.491 e. The summed E-state index contributed by atoms with van der Waals surface area (Å²) in [4.78, 5) is 23.7. The van der Waals surface area contributed by atoms with Crippen molar-refractivity contribution < 1.29 is 14.3 Å². The number of anilines is 1. The van der Waals surface area contributed by atoms with E-state index in [0.29, 0.717) is 11.4 Å². The molecule has 0 radical (unpaired) electrons. The predicted octanol–water partition coefficient (Wildman–Crippen LogP) is 0.508. The molecule has 0 saturated carbocycles. The maximum absolute atomic E-state index is 11.3. The first-order valence-electron chi connectivity index (χ1n) is 5.65. The van der Waals surface area contributed by atoms with Crippen molar-refractivity contribution in [1.82, 2.24) is 10.2 Å². The molecule has 1 aliphatic rings. The van der Waals surface area contributed by atoms with E-state index in [2.05, 4.69) is 5.32 Å². The van der Waals surface area contributed by atoms with E-state index < -0.39 is 0 Å². The number of imide groups is 1. The highest BCUT2D eigenvalue weighted by atomic mass is 16.5. The average Bonchev–Trinajstić information content (AvgIpc) is 2.63. The summed E-state index contributed by atoms with van der Waals surface area (Å²) in [5, 5.41) is 2.45. The van der Waals surface area contributed by atoms with E-state index in [1.807, 2.05) is 13.0 Å². The summed E-state index contributed by atoms with van der Waals surface area (Å²) in [7, 11) is 0. The summed E-state index contributed by atoms with van der Waals surface area (Å²) < 4.78 is 5.52. The lowest BCUT2D eigenvalue weighted by molar-refractivity contribution is -0.125.